The summed E-state index contributed by atoms with van der Waals surface area (Å²) >= 11 is 0. The molecule has 0 aliphatic heterocycles. The first-order valence-corrected chi connectivity index (χ1v) is 10.1. The zero-order chi connectivity index (χ0) is 22.3. The van der Waals surface area contributed by atoms with Gasteiger partial charge in [0.15, 0.2) is 5.65 Å². The van der Waals surface area contributed by atoms with E-state index in [-0.39, 0.29) is 0 Å². The van der Waals surface area contributed by atoms with Crippen LogP contribution in [-0.4, -0.2) is 31.2 Å². The van der Waals surface area contributed by atoms with E-state index in [2.05, 4.69) is 59.4 Å². The summed E-state index contributed by atoms with van der Waals surface area (Å²) in [6.07, 6.45) is 6.55. The predicted octanol–water partition coefficient (Wildman–Crippen LogP) is 4.76. The number of imidazole rings is 1. The van der Waals surface area contributed by atoms with Crippen LogP contribution >= 0.6 is 0 Å². The van der Waals surface area contributed by atoms with E-state index >= 15 is 0 Å². The molecule has 0 unspecified atom stereocenters. The topological polar surface area (TPSA) is 60.0 Å². The van der Waals surface area contributed by atoms with Crippen LogP contribution in [0.15, 0.2) is 49.3 Å². The Morgan fingerprint density at radius 1 is 1.06 bits per heavy atom. The third kappa shape index (κ3) is 5.56. The van der Waals surface area contributed by atoms with Crippen LogP contribution in [0.2, 0.25) is 0 Å². The summed E-state index contributed by atoms with van der Waals surface area (Å²) in [7, 11) is 3.82. The first-order chi connectivity index (χ1) is 14.4. The molecule has 160 valence electrons. The molecule has 3 aromatic heterocycles. The van der Waals surface area contributed by atoms with Gasteiger partial charge in [0.05, 0.1) is 17.5 Å². The van der Waals surface area contributed by atoms with Crippen molar-refractivity contribution in [1.82, 2.24) is 29.5 Å². The molecule has 0 atom stereocenters. The van der Waals surface area contributed by atoms with Crippen molar-refractivity contribution < 1.29 is 0 Å². The standard InChI is InChI=1S/C16H16N4.C6H9N2.C2H6.Rf/c1-11-4-6-13(7-5-11)15-8-9-20-16(19-15)14(10-18-20)12(2)17-3;1-5-4-7-6(2)8(5)3;1-2;/h4-10,17H,2H2,1,3H3;1-3H3;1-2H3;/q;-1;;. The largest absolute Gasteiger partial charge is 0.439 e. The number of aryl methyl sites for hydroxylation is 3. The average Bonchev–Trinajstić information content (AvgIpc) is 3.33. The molecular weight excluding hydrogens is 639 g/mol. The number of aromatic nitrogens is 5. The van der Waals surface area contributed by atoms with E-state index in [9.17, 15) is 0 Å². The molecular formula is C24H31N6Rf-. The molecule has 7 heteroatoms. The van der Waals surface area contributed by atoms with Crippen molar-refractivity contribution in [3.05, 3.63) is 78.1 Å². The second-order valence-electron chi connectivity index (χ2n) is 6.65. The van der Waals surface area contributed by atoms with Crippen molar-refractivity contribution in [3.8, 4) is 11.3 Å². The van der Waals surface area contributed by atoms with Gasteiger partial charge in [-0.05, 0) is 27.0 Å². The Balaban J connectivity index is 0.000000369. The molecule has 1 aromatic carbocycles. The molecule has 4 rings (SSSR count). The maximum Gasteiger partial charge on any atom is 0.164 e. The van der Waals surface area contributed by atoms with Crippen molar-refractivity contribution in [1.29, 1.82) is 0 Å². The summed E-state index contributed by atoms with van der Waals surface area (Å²) in [5.41, 5.74) is 6.90. The first-order valence-electron chi connectivity index (χ1n) is 10.1. The maximum absolute atomic E-state index is 4.70. The second-order valence-corrected chi connectivity index (χ2v) is 6.65. The summed E-state index contributed by atoms with van der Waals surface area (Å²) in [5.74, 6) is 1.02. The van der Waals surface area contributed by atoms with E-state index in [0.29, 0.717) is 0 Å². The molecule has 6 nitrogen and oxygen atoms in total. The van der Waals surface area contributed by atoms with Crippen LogP contribution in [0, 0.1) is 27.0 Å². The molecule has 0 aliphatic rings. The molecule has 0 spiro atoms. The number of fused-ring (bicyclic) bond motifs is 1. The molecule has 0 amide bonds. The fraction of sp³-hybridized carbons (Fsp3) is 0.292. The Labute approximate surface area is 179 Å². The number of hydrogen-bond donors (Lipinski definition) is 1. The number of nitrogens with one attached hydrogen (secondary N) is 1. The molecule has 0 aliphatic carbocycles. The fourth-order valence-electron chi connectivity index (χ4n) is 2.66. The van der Waals surface area contributed by atoms with E-state index in [4.69, 9.17) is 4.98 Å². The third-order valence-corrected chi connectivity index (χ3v) is 4.71. The van der Waals surface area contributed by atoms with Gasteiger partial charge in [-0.15, -0.1) is 6.20 Å². The van der Waals surface area contributed by atoms with Crippen LogP contribution < -0.4 is 5.32 Å². The SMILES string of the molecule is C=C(NC)c1cnn2ccc(-c3ccc(C)cc3)nc12.CC.Cc1[c-]nc(C)n1C.[Rf]. The Morgan fingerprint density at radius 2 is 1.71 bits per heavy atom. The molecule has 31 heavy (non-hydrogen) atoms. The Bertz CT molecular complexity index is 1090. The van der Waals surface area contributed by atoms with Gasteiger partial charge in [0.2, 0.25) is 0 Å². The van der Waals surface area contributed by atoms with E-state index in [1.54, 1.807) is 10.7 Å². The maximum atomic E-state index is 4.70. The van der Waals surface area contributed by atoms with Crippen LogP contribution in [0.25, 0.3) is 22.6 Å². The van der Waals surface area contributed by atoms with Gasteiger partial charge >= 0.3 is 0 Å². The number of hydrogen-bond acceptors (Lipinski definition) is 4. The third-order valence-electron chi connectivity index (χ3n) is 4.71. The second kappa shape index (κ2) is 11.0. The summed E-state index contributed by atoms with van der Waals surface area (Å²) in [4.78, 5) is 8.66. The molecule has 1 N–H and O–H groups in total. The zero-order valence-electron chi connectivity index (χ0n) is 19.7. The smallest absolute Gasteiger partial charge is 0.164 e. The van der Waals surface area contributed by atoms with Crippen molar-refractivity contribution in [2.24, 2.45) is 7.05 Å². The summed E-state index contributed by atoms with van der Waals surface area (Å²) < 4.78 is 3.76. The van der Waals surface area contributed by atoms with Crippen LogP contribution in [0.3, 0.4) is 0 Å². The number of nitrogens with zero attached hydrogens (tertiary/aromatic N) is 5. The summed E-state index contributed by atoms with van der Waals surface area (Å²) in [6, 6.07) is 10.3. The van der Waals surface area contributed by atoms with Crippen molar-refractivity contribution >= 4 is 11.3 Å². The van der Waals surface area contributed by atoms with Crippen LogP contribution in [0.1, 0.15) is 36.5 Å². The number of rotatable bonds is 3. The minimum atomic E-state index is 0. The molecule has 3 heterocycles. The quantitative estimate of drug-likeness (QED) is 0.320. The molecule has 0 bridgehead atoms. The number of benzene rings is 1. The fourth-order valence-corrected chi connectivity index (χ4v) is 2.66. The Kier molecular flexibility index (Phi) is 8.70. The van der Waals surface area contributed by atoms with Gasteiger partial charge in [-0.25, -0.2) is 9.50 Å². The minimum Gasteiger partial charge on any atom is -0.439 e. The zero-order valence-corrected chi connectivity index (χ0v) is 26.1. The van der Waals surface area contributed by atoms with Gasteiger partial charge in [0.1, 0.15) is 0 Å². The minimum absolute atomic E-state index is 0. The Hall–Kier alpha value is -4.41. The van der Waals surface area contributed by atoms with Gasteiger partial charge in [0, 0.05) is 24.5 Å². The van der Waals surface area contributed by atoms with Crippen molar-refractivity contribution in [2.75, 3.05) is 7.05 Å². The molecule has 4 aromatic rings. The monoisotopic (exact) mass is 670 g/mol. The van der Waals surface area contributed by atoms with Crippen molar-refractivity contribution in [3.63, 3.8) is 0 Å². The van der Waals surface area contributed by atoms with Crippen LogP contribution in [0.5, 0.6) is 0 Å². The molecule has 0 saturated carbocycles. The Morgan fingerprint density at radius 3 is 2.19 bits per heavy atom. The van der Waals surface area contributed by atoms with E-state index in [1.165, 1.54) is 5.56 Å². The predicted molar refractivity (Wildman–Crippen MR) is 124 cm³/mol. The van der Waals surface area contributed by atoms with Crippen LogP contribution in [-0.2, 0) is 7.05 Å². The van der Waals surface area contributed by atoms with Crippen LogP contribution in [0.4, 0.5) is 0 Å². The molecule has 0 saturated heterocycles. The first kappa shape index (κ1) is 24.6. The summed E-state index contributed by atoms with van der Waals surface area (Å²) in [6.45, 7) is 14.0. The molecule has 0 fully saturated rings. The molecule has 0 radical (unpaired) electrons. The van der Waals surface area contributed by atoms with Gasteiger partial charge in [-0.2, -0.15) is 5.10 Å². The normalized spacial score (nSPS) is 9.65. The van der Waals surface area contributed by atoms with Gasteiger partial charge in [-0.1, -0.05) is 68.7 Å². The average molecular weight is 671 g/mol. The van der Waals surface area contributed by atoms with E-state index < -0.39 is 0 Å². The van der Waals surface area contributed by atoms with E-state index in [1.807, 2.05) is 58.6 Å². The van der Waals surface area contributed by atoms with Gasteiger partial charge in [0.25, 0.3) is 0 Å². The summed E-state index contributed by atoms with van der Waals surface area (Å²) in [5, 5.41) is 7.33. The van der Waals surface area contributed by atoms with Crippen molar-refractivity contribution in [2.45, 2.75) is 34.6 Å². The van der Waals surface area contributed by atoms with E-state index in [0.717, 1.165) is 39.7 Å². The van der Waals surface area contributed by atoms with Gasteiger partial charge in [-0.3, -0.25) is 0 Å². The van der Waals surface area contributed by atoms with Gasteiger partial charge < -0.3 is 14.9 Å².